The molecule has 100 valence electrons. The van der Waals surface area contributed by atoms with E-state index in [0.29, 0.717) is 18.0 Å². The number of carbonyl (C=O) groups excluding carboxylic acids is 1. The normalized spacial score (nSPS) is 20.2. The predicted molar refractivity (Wildman–Crippen MR) is 72.6 cm³/mol. The molecule has 1 aliphatic heterocycles. The van der Waals surface area contributed by atoms with Crippen LogP contribution in [-0.2, 0) is 4.79 Å². The minimum atomic E-state index is -0.284. The second-order valence-corrected chi connectivity index (χ2v) is 5.39. The standard InChI is InChI=1S/C15H17FN2O/c1-10-8-12(16)6-7-14(10)18-15(19)9-13(17-18)11-4-2-3-5-11/h6-8,11H,2-5,9H2,1H3. The third-order valence-corrected chi connectivity index (χ3v) is 4.01. The first-order chi connectivity index (χ1) is 9.15. The first-order valence-electron chi connectivity index (χ1n) is 6.81. The third kappa shape index (κ3) is 2.27. The van der Waals surface area contributed by atoms with Gasteiger partial charge in [0.25, 0.3) is 5.91 Å². The van der Waals surface area contributed by atoms with Gasteiger partial charge in [0.15, 0.2) is 0 Å². The monoisotopic (exact) mass is 260 g/mol. The van der Waals surface area contributed by atoms with E-state index < -0.39 is 0 Å². The van der Waals surface area contributed by atoms with Gasteiger partial charge in [-0.15, -0.1) is 0 Å². The largest absolute Gasteiger partial charge is 0.272 e. The number of amides is 1. The summed E-state index contributed by atoms with van der Waals surface area (Å²) >= 11 is 0. The molecule has 2 aliphatic rings. The zero-order valence-corrected chi connectivity index (χ0v) is 11.0. The molecular formula is C15H17FN2O. The predicted octanol–water partition coefficient (Wildman–Crippen LogP) is 3.42. The van der Waals surface area contributed by atoms with Gasteiger partial charge in [0, 0.05) is 0 Å². The van der Waals surface area contributed by atoms with E-state index in [1.807, 2.05) is 0 Å². The lowest BCUT2D eigenvalue weighted by Crippen LogP contribution is -2.20. The Morgan fingerprint density at radius 1 is 1.32 bits per heavy atom. The van der Waals surface area contributed by atoms with Gasteiger partial charge in [-0.3, -0.25) is 4.79 Å². The molecule has 1 amide bonds. The Morgan fingerprint density at radius 3 is 2.74 bits per heavy atom. The summed E-state index contributed by atoms with van der Waals surface area (Å²) in [5.41, 5.74) is 2.44. The van der Waals surface area contributed by atoms with Crippen molar-refractivity contribution in [2.24, 2.45) is 11.0 Å². The smallest absolute Gasteiger partial charge is 0.253 e. The van der Waals surface area contributed by atoms with Crippen molar-refractivity contribution in [3.05, 3.63) is 29.6 Å². The van der Waals surface area contributed by atoms with Gasteiger partial charge in [0.05, 0.1) is 17.8 Å². The van der Waals surface area contributed by atoms with Crippen LogP contribution in [0.5, 0.6) is 0 Å². The molecule has 0 unspecified atom stereocenters. The molecule has 1 aromatic carbocycles. The van der Waals surface area contributed by atoms with Crippen LogP contribution in [0.1, 0.15) is 37.7 Å². The molecule has 0 spiro atoms. The SMILES string of the molecule is Cc1cc(F)ccc1N1N=C(C2CCCC2)CC1=O. The second-order valence-electron chi connectivity index (χ2n) is 5.39. The highest BCUT2D eigenvalue weighted by Gasteiger charge is 2.31. The maximum absolute atomic E-state index is 13.1. The van der Waals surface area contributed by atoms with Crippen molar-refractivity contribution in [1.82, 2.24) is 0 Å². The lowest BCUT2D eigenvalue weighted by atomic mass is 10.00. The van der Waals surface area contributed by atoms with Gasteiger partial charge in [-0.2, -0.15) is 5.10 Å². The topological polar surface area (TPSA) is 32.7 Å². The van der Waals surface area contributed by atoms with Gasteiger partial charge in [-0.05, 0) is 49.4 Å². The quantitative estimate of drug-likeness (QED) is 0.802. The van der Waals surface area contributed by atoms with Crippen LogP contribution in [0.15, 0.2) is 23.3 Å². The van der Waals surface area contributed by atoms with Crippen molar-refractivity contribution in [1.29, 1.82) is 0 Å². The highest BCUT2D eigenvalue weighted by Crippen LogP contribution is 2.32. The van der Waals surface area contributed by atoms with Gasteiger partial charge in [0.1, 0.15) is 5.82 Å². The molecule has 3 rings (SSSR count). The molecule has 1 heterocycles. The van der Waals surface area contributed by atoms with Crippen LogP contribution in [-0.4, -0.2) is 11.6 Å². The molecule has 0 aromatic heterocycles. The van der Waals surface area contributed by atoms with Crippen molar-refractivity contribution in [2.75, 3.05) is 5.01 Å². The molecule has 0 atom stereocenters. The van der Waals surface area contributed by atoms with Crippen molar-refractivity contribution >= 4 is 17.3 Å². The van der Waals surface area contributed by atoms with E-state index in [0.717, 1.165) is 24.1 Å². The van der Waals surface area contributed by atoms with E-state index in [1.165, 1.54) is 30.0 Å². The summed E-state index contributed by atoms with van der Waals surface area (Å²) in [6.07, 6.45) is 5.16. The Balaban J connectivity index is 1.89. The first kappa shape index (κ1) is 12.3. The summed E-state index contributed by atoms with van der Waals surface area (Å²) in [6, 6.07) is 4.44. The molecule has 0 saturated heterocycles. The summed E-state index contributed by atoms with van der Waals surface area (Å²) in [4.78, 5) is 12.1. The van der Waals surface area contributed by atoms with Crippen LogP contribution >= 0.6 is 0 Å². The number of rotatable bonds is 2. The number of hydrogen-bond donors (Lipinski definition) is 0. The number of benzene rings is 1. The lowest BCUT2D eigenvalue weighted by Gasteiger charge is -2.14. The lowest BCUT2D eigenvalue weighted by molar-refractivity contribution is -0.116. The fraction of sp³-hybridized carbons (Fsp3) is 0.467. The van der Waals surface area contributed by atoms with Crippen molar-refractivity contribution in [3.63, 3.8) is 0 Å². The Morgan fingerprint density at radius 2 is 2.05 bits per heavy atom. The zero-order chi connectivity index (χ0) is 13.4. The van der Waals surface area contributed by atoms with Gasteiger partial charge >= 0.3 is 0 Å². The maximum Gasteiger partial charge on any atom is 0.253 e. The highest BCUT2D eigenvalue weighted by atomic mass is 19.1. The van der Waals surface area contributed by atoms with Crippen LogP contribution in [0.25, 0.3) is 0 Å². The van der Waals surface area contributed by atoms with Crippen LogP contribution in [0.2, 0.25) is 0 Å². The van der Waals surface area contributed by atoms with E-state index in [-0.39, 0.29) is 11.7 Å². The number of anilines is 1. The van der Waals surface area contributed by atoms with Gasteiger partial charge in [-0.1, -0.05) is 12.8 Å². The number of carbonyl (C=O) groups is 1. The third-order valence-electron chi connectivity index (χ3n) is 4.01. The minimum Gasteiger partial charge on any atom is -0.272 e. The Labute approximate surface area is 112 Å². The van der Waals surface area contributed by atoms with Crippen molar-refractivity contribution < 1.29 is 9.18 Å². The molecule has 0 N–H and O–H groups in total. The minimum absolute atomic E-state index is 0.00314. The van der Waals surface area contributed by atoms with Crippen molar-refractivity contribution in [3.8, 4) is 0 Å². The summed E-state index contributed by atoms with van der Waals surface area (Å²) in [5, 5.41) is 5.94. The number of halogens is 1. The Bertz CT molecular complexity index is 547. The molecule has 1 aromatic rings. The summed E-state index contributed by atoms with van der Waals surface area (Å²) < 4.78 is 13.1. The molecular weight excluding hydrogens is 243 g/mol. The van der Waals surface area contributed by atoms with E-state index in [4.69, 9.17) is 0 Å². The van der Waals surface area contributed by atoms with Crippen LogP contribution < -0.4 is 5.01 Å². The molecule has 1 aliphatic carbocycles. The van der Waals surface area contributed by atoms with Crippen LogP contribution in [0.3, 0.4) is 0 Å². The highest BCUT2D eigenvalue weighted by molar-refractivity contribution is 6.13. The van der Waals surface area contributed by atoms with E-state index in [2.05, 4.69) is 5.10 Å². The number of hydrogen-bond acceptors (Lipinski definition) is 2. The van der Waals surface area contributed by atoms with E-state index in [9.17, 15) is 9.18 Å². The molecule has 0 radical (unpaired) electrons. The fourth-order valence-corrected chi connectivity index (χ4v) is 2.98. The zero-order valence-electron chi connectivity index (χ0n) is 11.0. The summed E-state index contributed by atoms with van der Waals surface area (Å²) in [6.45, 7) is 1.80. The number of aryl methyl sites for hydroxylation is 1. The Hall–Kier alpha value is -1.71. The summed E-state index contributed by atoms with van der Waals surface area (Å²) in [5.74, 6) is 0.180. The Kier molecular flexibility index (Phi) is 3.09. The molecule has 4 heteroatoms. The van der Waals surface area contributed by atoms with Gasteiger partial charge < -0.3 is 0 Å². The molecule has 0 bridgehead atoms. The first-order valence-corrected chi connectivity index (χ1v) is 6.81. The number of nitrogens with zero attached hydrogens (tertiary/aromatic N) is 2. The van der Waals surface area contributed by atoms with E-state index >= 15 is 0 Å². The van der Waals surface area contributed by atoms with E-state index in [1.54, 1.807) is 13.0 Å². The average Bonchev–Trinajstić information content (AvgIpc) is 2.98. The molecule has 1 fully saturated rings. The maximum atomic E-state index is 13.1. The van der Waals surface area contributed by atoms with Crippen LogP contribution in [0, 0.1) is 18.7 Å². The molecule has 1 saturated carbocycles. The number of hydrazone groups is 1. The molecule has 19 heavy (non-hydrogen) atoms. The second kappa shape index (κ2) is 4.76. The van der Waals surface area contributed by atoms with Gasteiger partial charge in [-0.25, -0.2) is 9.40 Å². The van der Waals surface area contributed by atoms with Gasteiger partial charge in [0.2, 0.25) is 0 Å². The van der Waals surface area contributed by atoms with Crippen molar-refractivity contribution in [2.45, 2.75) is 39.0 Å². The fourth-order valence-electron chi connectivity index (χ4n) is 2.98. The van der Waals surface area contributed by atoms with Crippen LogP contribution in [0.4, 0.5) is 10.1 Å². The molecule has 3 nitrogen and oxygen atoms in total. The average molecular weight is 260 g/mol. The summed E-state index contributed by atoms with van der Waals surface area (Å²) in [7, 11) is 0.